The second-order valence-electron chi connectivity index (χ2n) is 7.14. The van der Waals surface area contributed by atoms with Crippen molar-refractivity contribution in [2.24, 2.45) is 0 Å². The van der Waals surface area contributed by atoms with Gasteiger partial charge in [-0.2, -0.15) is 15.2 Å². The number of likely N-dealkylation sites (N-methyl/N-ethyl adjacent to an activating group) is 1. The largest absolute Gasteiger partial charge is 0.451 e. The summed E-state index contributed by atoms with van der Waals surface area (Å²) in [6.07, 6.45) is 4.12. The molecular weight excluding hydrogens is 394 g/mol. The Labute approximate surface area is 174 Å². The Morgan fingerprint density at radius 1 is 1.31 bits per heavy atom. The molecule has 1 aromatic heterocycles. The summed E-state index contributed by atoms with van der Waals surface area (Å²) < 4.78 is 5.16. The number of carbonyl (C=O) groups excluding carboxylic acids is 2. The molecule has 1 heterocycles. The van der Waals surface area contributed by atoms with E-state index in [9.17, 15) is 14.9 Å². The first kappa shape index (κ1) is 20.8. The number of aryl methyl sites for hydroxylation is 1. The van der Waals surface area contributed by atoms with E-state index in [1.54, 1.807) is 38.2 Å². The lowest BCUT2D eigenvalue weighted by Crippen LogP contribution is -2.51. The number of carbonyl (C=O) groups is 2. The summed E-state index contributed by atoms with van der Waals surface area (Å²) in [4.78, 5) is 27.7. The Bertz CT molecular complexity index is 959. The smallest absolute Gasteiger partial charge is 0.361 e. The predicted molar refractivity (Wildman–Crippen MR) is 106 cm³/mol. The topological polar surface area (TPSA) is 101 Å². The van der Waals surface area contributed by atoms with E-state index in [1.165, 1.54) is 9.70 Å². The van der Waals surface area contributed by atoms with Crippen LogP contribution in [0.4, 0.5) is 0 Å². The molecule has 1 amide bonds. The van der Waals surface area contributed by atoms with Crippen molar-refractivity contribution in [3.8, 4) is 11.8 Å². The van der Waals surface area contributed by atoms with Crippen LogP contribution >= 0.6 is 11.6 Å². The van der Waals surface area contributed by atoms with Gasteiger partial charge in [-0.15, -0.1) is 5.10 Å². The molecule has 0 atom stereocenters. The minimum Gasteiger partial charge on any atom is -0.451 e. The number of esters is 1. The highest BCUT2D eigenvalue weighted by atomic mass is 35.5. The normalized spacial score (nSPS) is 15.4. The van der Waals surface area contributed by atoms with Gasteiger partial charge in [-0.3, -0.25) is 4.79 Å². The van der Waals surface area contributed by atoms with Crippen LogP contribution in [0.5, 0.6) is 0 Å². The van der Waals surface area contributed by atoms with Crippen molar-refractivity contribution in [1.82, 2.24) is 19.9 Å². The van der Waals surface area contributed by atoms with E-state index < -0.39 is 24.0 Å². The summed E-state index contributed by atoms with van der Waals surface area (Å²) in [5.74, 6) is -1.16. The summed E-state index contributed by atoms with van der Waals surface area (Å²) >= 11 is 5.98. The molecule has 2 aromatic rings. The average Bonchev–Trinajstić information content (AvgIpc) is 3.13. The molecule has 1 aromatic carbocycles. The number of nitriles is 1. The highest BCUT2D eigenvalue weighted by Gasteiger charge is 2.39. The van der Waals surface area contributed by atoms with Gasteiger partial charge in [-0.05, 0) is 38.0 Å². The van der Waals surface area contributed by atoms with Crippen LogP contribution in [0.3, 0.4) is 0 Å². The van der Waals surface area contributed by atoms with Crippen LogP contribution in [-0.4, -0.2) is 51.0 Å². The standard InChI is InChI=1S/C20H22ClN5O3/c1-14-18(24-26(23-14)16-8-6-7-15(21)11-16)19(28)29-12-17(27)25(2)20(13-22)9-4-3-5-10-20/h6-8,11H,3-5,9-10,12H2,1-2H3. The fraction of sp³-hybridized carbons (Fsp3) is 0.450. The first-order valence-electron chi connectivity index (χ1n) is 9.41. The second kappa shape index (κ2) is 8.62. The van der Waals surface area contributed by atoms with Gasteiger partial charge in [0.1, 0.15) is 5.54 Å². The van der Waals surface area contributed by atoms with E-state index in [0.29, 0.717) is 29.2 Å². The summed E-state index contributed by atoms with van der Waals surface area (Å²) in [5, 5.41) is 18.5. The van der Waals surface area contributed by atoms with E-state index in [-0.39, 0.29) is 5.69 Å². The van der Waals surface area contributed by atoms with Crippen molar-refractivity contribution in [1.29, 1.82) is 5.26 Å². The Balaban J connectivity index is 1.66. The fourth-order valence-corrected chi connectivity index (χ4v) is 3.66. The minimum absolute atomic E-state index is 0.0214. The Hall–Kier alpha value is -2.92. The van der Waals surface area contributed by atoms with Gasteiger partial charge in [-0.25, -0.2) is 4.79 Å². The van der Waals surface area contributed by atoms with E-state index in [1.807, 2.05) is 0 Å². The number of hydrogen-bond acceptors (Lipinski definition) is 6. The zero-order chi connectivity index (χ0) is 21.0. The maximum atomic E-state index is 12.5. The number of aromatic nitrogens is 3. The number of rotatable bonds is 5. The summed E-state index contributed by atoms with van der Waals surface area (Å²) in [7, 11) is 1.59. The number of halogens is 1. The highest BCUT2D eigenvalue weighted by Crippen LogP contribution is 2.32. The van der Waals surface area contributed by atoms with Crippen LogP contribution in [0, 0.1) is 18.3 Å². The zero-order valence-corrected chi connectivity index (χ0v) is 17.1. The fourth-order valence-electron chi connectivity index (χ4n) is 3.47. The van der Waals surface area contributed by atoms with Gasteiger partial charge < -0.3 is 9.64 Å². The molecule has 9 heteroatoms. The van der Waals surface area contributed by atoms with E-state index >= 15 is 0 Å². The number of benzene rings is 1. The highest BCUT2D eigenvalue weighted by molar-refractivity contribution is 6.30. The third kappa shape index (κ3) is 4.40. The lowest BCUT2D eigenvalue weighted by molar-refractivity contribution is -0.138. The van der Waals surface area contributed by atoms with Gasteiger partial charge in [-0.1, -0.05) is 36.9 Å². The molecule has 1 aliphatic rings. The van der Waals surface area contributed by atoms with Gasteiger partial charge in [0.2, 0.25) is 0 Å². The molecule has 1 aliphatic carbocycles. The van der Waals surface area contributed by atoms with Crippen molar-refractivity contribution >= 4 is 23.5 Å². The lowest BCUT2D eigenvalue weighted by atomic mass is 9.81. The van der Waals surface area contributed by atoms with Gasteiger partial charge in [0.15, 0.2) is 12.3 Å². The molecule has 8 nitrogen and oxygen atoms in total. The summed E-state index contributed by atoms with van der Waals surface area (Å²) in [6, 6.07) is 9.17. The molecule has 29 heavy (non-hydrogen) atoms. The summed E-state index contributed by atoms with van der Waals surface area (Å²) in [5.41, 5.74) is 0.168. The van der Waals surface area contributed by atoms with Crippen LogP contribution < -0.4 is 0 Å². The molecule has 0 radical (unpaired) electrons. The lowest BCUT2D eigenvalue weighted by Gasteiger charge is -2.38. The van der Waals surface area contributed by atoms with Gasteiger partial charge >= 0.3 is 5.97 Å². The molecule has 0 bridgehead atoms. The zero-order valence-electron chi connectivity index (χ0n) is 16.4. The van der Waals surface area contributed by atoms with Gasteiger partial charge in [0.05, 0.1) is 17.5 Å². The number of hydrogen-bond donors (Lipinski definition) is 0. The Kier molecular flexibility index (Phi) is 6.18. The number of ether oxygens (including phenoxy) is 1. The van der Waals surface area contributed by atoms with Crippen molar-refractivity contribution in [2.45, 2.75) is 44.6 Å². The first-order chi connectivity index (χ1) is 13.9. The van der Waals surface area contributed by atoms with Crippen molar-refractivity contribution in [2.75, 3.05) is 13.7 Å². The first-order valence-corrected chi connectivity index (χ1v) is 9.79. The molecule has 1 saturated carbocycles. The van der Waals surface area contributed by atoms with E-state index in [0.717, 1.165) is 19.3 Å². The SMILES string of the molecule is Cc1nn(-c2cccc(Cl)c2)nc1C(=O)OCC(=O)N(C)C1(C#N)CCCCC1. The van der Waals surface area contributed by atoms with Crippen molar-refractivity contribution < 1.29 is 14.3 Å². The number of amides is 1. The third-order valence-electron chi connectivity index (χ3n) is 5.25. The van der Waals surface area contributed by atoms with Gasteiger partial charge in [0, 0.05) is 12.1 Å². The van der Waals surface area contributed by atoms with E-state index in [4.69, 9.17) is 16.3 Å². The number of nitrogens with zero attached hydrogens (tertiary/aromatic N) is 5. The van der Waals surface area contributed by atoms with Crippen molar-refractivity contribution in [3.05, 3.63) is 40.7 Å². The Morgan fingerprint density at radius 3 is 2.69 bits per heavy atom. The maximum absolute atomic E-state index is 12.5. The molecular formula is C20H22ClN5O3. The molecule has 0 spiro atoms. The molecule has 0 unspecified atom stereocenters. The van der Waals surface area contributed by atoms with Crippen LogP contribution in [0.25, 0.3) is 5.69 Å². The quantitative estimate of drug-likeness (QED) is 0.695. The molecule has 3 rings (SSSR count). The molecule has 0 aliphatic heterocycles. The van der Waals surface area contributed by atoms with Crippen LogP contribution in [0.15, 0.2) is 24.3 Å². The molecule has 0 saturated heterocycles. The van der Waals surface area contributed by atoms with E-state index in [2.05, 4.69) is 16.3 Å². The molecule has 0 N–H and O–H groups in total. The second-order valence-corrected chi connectivity index (χ2v) is 7.57. The summed E-state index contributed by atoms with van der Waals surface area (Å²) in [6.45, 7) is 1.17. The minimum atomic E-state index is -0.826. The third-order valence-corrected chi connectivity index (χ3v) is 5.48. The van der Waals surface area contributed by atoms with Crippen LogP contribution in [-0.2, 0) is 9.53 Å². The average molecular weight is 416 g/mol. The van der Waals surface area contributed by atoms with Crippen molar-refractivity contribution in [3.63, 3.8) is 0 Å². The molecule has 1 fully saturated rings. The van der Waals surface area contributed by atoms with Gasteiger partial charge in [0.25, 0.3) is 5.91 Å². The monoisotopic (exact) mass is 415 g/mol. The predicted octanol–water partition coefficient (Wildman–Crippen LogP) is 3.07. The van der Waals surface area contributed by atoms with Crippen LogP contribution in [0.1, 0.15) is 48.3 Å². The van der Waals surface area contributed by atoms with Crippen LogP contribution in [0.2, 0.25) is 5.02 Å². The molecule has 152 valence electrons. The Morgan fingerprint density at radius 2 is 2.03 bits per heavy atom. The maximum Gasteiger partial charge on any atom is 0.361 e.